The van der Waals surface area contributed by atoms with E-state index >= 15 is 0 Å². The summed E-state index contributed by atoms with van der Waals surface area (Å²) in [7, 11) is 0. The Bertz CT molecular complexity index is 515. The summed E-state index contributed by atoms with van der Waals surface area (Å²) in [5, 5.41) is 26.8. The molecule has 0 spiro atoms. The number of halogens is 1. The molecule has 0 amide bonds. The van der Waals surface area contributed by atoms with Crippen molar-refractivity contribution in [2.45, 2.75) is 26.3 Å². The van der Waals surface area contributed by atoms with E-state index < -0.39 is 37.0 Å². The molecule has 1 aromatic rings. The zero-order valence-corrected chi connectivity index (χ0v) is 14.5. The van der Waals surface area contributed by atoms with Crippen molar-refractivity contribution in [2.24, 2.45) is 0 Å². The van der Waals surface area contributed by atoms with E-state index in [1.807, 2.05) is 13.8 Å². The summed E-state index contributed by atoms with van der Waals surface area (Å²) in [6, 6.07) is 5.62. The molecule has 1 rings (SSSR count). The second-order valence-electron chi connectivity index (χ2n) is 4.38. The predicted molar refractivity (Wildman–Crippen MR) is 87.5 cm³/mol. The van der Waals surface area contributed by atoms with Crippen molar-refractivity contribution in [1.29, 1.82) is 0 Å². The van der Waals surface area contributed by atoms with Crippen LogP contribution in [0.25, 0.3) is 0 Å². The molecule has 7 nitrogen and oxygen atoms in total. The molecule has 23 heavy (non-hydrogen) atoms. The number of hydrogen-bond donors (Lipinski definition) is 3. The first-order valence-corrected chi connectivity index (χ1v) is 7.73. The number of carbonyl (C=O) groups is 3. The Morgan fingerprint density at radius 2 is 1.43 bits per heavy atom. The highest BCUT2D eigenvalue weighted by molar-refractivity contribution is 9.10. The summed E-state index contributed by atoms with van der Waals surface area (Å²) in [4.78, 5) is 33.8. The molecular weight excluding hydrogens is 370 g/mol. The average molecular weight is 390 g/mol. The van der Waals surface area contributed by atoms with Crippen molar-refractivity contribution in [2.75, 3.05) is 13.1 Å². The van der Waals surface area contributed by atoms with Gasteiger partial charge >= 0.3 is 17.9 Å². The number of nitrogens with zero attached hydrogens (tertiary/aromatic N) is 1. The highest BCUT2D eigenvalue weighted by Gasteiger charge is 2.29. The standard InChI is InChI=1S/C13H14BrNO6.C2H6/c14-9-3-1-8(2-4-9)5-10(13(20)21)15(6-11(16)17)7-12(18)19;1-2/h1-4,10H,5-7H2,(H,16,17)(H,18,19)(H,20,21);1-2H3. The van der Waals surface area contributed by atoms with E-state index in [2.05, 4.69) is 15.9 Å². The molecule has 3 N–H and O–H groups in total. The minimum Gasteiger partial charge on any atom is -0.480 e. The number of hydrogen-bond acceptors (Lipinski definition) is 4. The second-order valence-corrected chi connectivity index (χ2v) is 5.29. The van der Waals surface area contributed by atoms with E-state index in [1.165, 1.54) is 0 Å². The Hall–Kier alpha value is -1.93. The van der Waals surface area contributed by atoms with Crippen LogP contribution in [0.3, 0.4) is 0 Å². The van der Waals surface area contributed by atoms with Gasteiger partial charge in [0, 0.05) is 4.47 Å². The third-order valence-corrected chi connectivity index (χ3v) is 3.27. The Morgan fingerprint density at radius 1 is 1.00 bits per heavy atom. The van der Waals surface area contributed by atoms with Gasteiger partial charge in [0.15, 0.2) is 0 Å². The van der Waals surface area contributed by atoms with Crippen molar-refractivity contribution < 1.29 is 29.7 Å². The van der Waals surface area contributed by atoms with Crippen molar-refractivity contribution >= 4 is 33.8 Å². The van der Waals surface area contributed by atoms with E-state index in [-0.39, 0.29) is 6.42 Å². The van der Waals surface area contributed by atoms with Crippen LogP contribution in [0, 0.1) is 0 Å². The van der Waals surface area contributed by atoms with E-state index in [0.29, 0.717) is 5.56 Å². The smallest absolute Gasteiger partial charge is 0.321 e. The molecule has 0 bridgehead atoms. The lowest BCUT2D eigenvalue weighted by Gasteiger charge is -2.25. The van der Waals surface area contributed by atoms with Crippen LogP contribution in [0.5, 0.6) is 0 Å². The van der Waals surface area contributed by atoms with Gasteiger partial charge in [0.25, 0.3) is 0 Å². The fourth-order valence-corrected chi connectivity index (χ4v) is 2.10. The summed E-state index contributed by atoms with van der Waals surface area (Å²) in [5.41, 5.74) is 0.673. The second kappa shape index (κ2) is 10.7. The molecular formula is C15H20BrNO6. The normalized spacial score (nSPS) is 11.3. The Labute approximate surface area is 142 Å². The average Bonchev–Trinajstić information content (AvgIpc) is 2.46. The van der Waals surface area contributed by atoms with Gasteiger partial charge in [0.05, 0.1) is 13.1 Å². The van der Waals surface area contributed by atoms with Crippen LogP contribution in [0.2, 0.25) is 0 Å². The molecule has 0 aliphatic heterocycles. The maximum absolute atomic E-state index is 11.3. The van der Waals surface area contributed by atoms with Crippen LogP contribution in [-0.4, -0.2) is 57.3 Å². The van der Waals surface area contributed by atoms with Gasteiger partial charge in [0.2, 0.25) is 0 Å². The van der Waals surface area contributed by atoms with Gasteiger partial charge < -0.3 is 15.3 Å². The van der Waals surface area contributed by atoms with Crippen LogP contribution >= 0.6 is 15.9 Å². The van der Waals surface area contributed by atoms with Crippen molar-refractivity contribution in [3.63, 3.8) is 0 Å². The molecule has 0 saturated carbocycles. The van der Waals surface area contributed by atoms with Gasteiger partial charge in [-0.05, 0) is 24.1 Å². The fraction of sp³-hybridized carbons (Fsp3) is 0.400. The summed E-state index contributed by atoms with van der Waals surface area (Å²) in [6.45, 7) is 2.69. The molecule has 1 unspecified atom stereocenters. The number of rotatable bonds is 8. The van der Waals surface area contributed by atoms with E-state index in [4.69, 9.17) is 10.2 Å². The summed E-state index contributed by atoms with van der Waals surface area (Å²) >= 11 is 3.25. The third kappa shape index (κ3) is 8.32. The summed E-state index contributed by atoms with van der Waals surface area (Å²) < 4.78 is 0.825. The maximum atomic E-state index is 11.3. The number of carboxylic acids is 3. The van der Waals surface area contributed by atoms with Gasteiger partial charge in [-0.3, -0.25) is 19.3 Å². The third-order valence-electron chi connectivity index (χ3n) is 2.74. The molecule has 1 aromatic carbocycles. The fourth-order valence-electron chi connectivity index (χ4n) is 1.84. The highest BCUT2D eigenvalue weighted by Crippen LogP contribution is 2.14. The number of carboxylic acid groups (broad SMARTS) is 3. The van der Waals surface area contributed by atoms with E-state index in [1.54, 1.807) is 24.3 Å². The van der Waals surface area contributed by atoms with Crippen molar-refractivity contribution in [3.8, 4) is 0 Å². The summed E-state index contributed by atoms with van der Waals surface area (Å²) in [5.74, 6) is -3.82. The minimum atomic E-state index is -1.28. The topological polar surface area (TPSA) is 115 Å². The Balaban J connectivity index is 0.00000232. The van der Waals surface area contributed by atoms with Gasteiger partial charge in [-0.15, -0.1) is 0 Å². The predicted octanol–water partition coefficient (Wildman–Crippen LogP) is 1.94. The highest BCUT2D eigenvalue weighted by atomic mass is 79.9. The first-order chi connectivity index (χ1) is 10.8. The van der Waals surface area contributed by atoms with Crippen molar-refractivity contribution in [3.05, 3.63) is 34.3 Å². The molecule has 0 radical (unpaired) electrons. The van der Waals surface area contributed by atoms with Crippen LogP contribution < -0.4 is 0 Å². The van der Waals surface area contributed by atoms with E-state index in [0.717, 1.165) is 9.37 Å². The lowest BCUT2D eigenvalue weighted by Crippen LogP contribution is -2.47. The summed E-state index contributed by atoms with van der Waals surface area (Å²) in [6.07, 6.45) is 0.0170. The van der Waals surface area contributed by atoms with Crippen LogP contribution in [0.15, 0.2) is 28.7 Å². The first kappa shape index (κ1) is 21.1. The van der Waals surface area contributed by atoms with Crippen LogP contribution in [-0.2, 0) is 20.8 Å². The Kier molecular flexibility index (Phi) is 9.84. The lowest BCUT2D eigenvalue weighted by molar-refractivity contribution is -0.149. The van der Waals surface area contributed by atoms with Crippen LogP contribution in [0.1, 0.15) is 19.4 Å². The molecule has 128 valence electrons. The molecule has 0 heterocycles. The number of aliphatic carboxylic acids is 3. The van der Waals surface area contributed by atoms with E-state index in [9.17, 15) is 19.5 Å². The lowest BCUT2D eigenvalue weighted by atomic mass is 10.0. The first-order valence-electron chi connectivity index (χ1n) is 6.94. The van der Waals surface area contributed by atoms with Gasteiger partial charge in [-0.1, -0.05) is 41.9 Å². The Morgan fingerprint density at radius 3 is 1.78 bits per heavy atom. The maximum Gasteiger partial charge on any atom is 0.321 e. The monoisotopic (exact) mass is 389 g/mol. The molecule has 8 heteroatoms. The molecule has 0 aliphatic carbocycles. The molecule has 0 aliphatic rings. The quantitative estimate of drug-likeness (QED) is 0.621. The molecule has 0 aromatic heterocycles. The SMILES string of the molecule is CC.O=C(O)CN(CC(=O)O)C(Cc1ccc(Br)cc1)C(=O)O. The van der Waals surface area contributed by atoms with Crippen molar-refractivity contribution in [1.82, 2.24) is 4.90 Å². The molecule has 0 saturated heterocycles. The zero-order valence-electron chi connectivity index (χ0n) is 12.9. The van der Waals surface area contributed by atoms with Gasteiger partial charge in [-0.2, -0.15) is 0 Å². The van der Waals surface area contributed by atoms with Gasteiger partial charge in [-0.25, -0.2) is 0 Å². The minimum absolute atomic E-state index is 0.0170. The zero-order chi connectivity index (χ0) is 18.0. The molecule has 1 atom stereocenters. The number of benzene rings is 1. The van der Waals surface area contributed by atoms with Crippen LogP contribution in [0.4, 0.5) is 0 Å². The van der Waals surface area contributed by atoms with Gasteiger partial charge in [0.1, 0.15) is 6.04 Å². The molecule has 0 fully saturated rings. The largest absolute Gasteiger partial charge is 0.480 e.